The summed E-state index contributed by atoms with van der Waals surface area (Å²) in [5.74, 6) is -0.237. The maximum Gasteiger partial charge on any atom is 0.254 e. The molecule has 0 aliphatic heterocycles. The van der Waals surface area contributed by atoms with Crippen LogP contribution in [0.1, 0.15) is 23.7 Å². The molecule has 94 valence electrons. The van der Waals surface area contributed by atoms with Crippen LogP contribution in [0.5, 0.6) is 0 Å². The summed E-state index contributed by atoms with van der Waals surface area (Å²) >= 11 is 11.9. The Morgan fingerprint density at radius 3 is 2.41 bits per heavy atom. The Morgan fingerprint density at radius 1 is 1.18 bits per heavy atom. The molecule has 0 spiro atoms. The lowest BCUT2D eigenvalue weighted by atomic mass is 10.2. The number of carbonyl (C=O) groups is 1. The largest absolute Gasteiger partial charge is 0.351 e. The van der Waals surface area contributed by atoms with E-state index in [9.17, 15) is 4.79 Å². The van der Waals surface area contributed by atoms with Crippen LogP contribution in [-0.2, 0) is 0 Å². The van der Waals surface area contributed by atoms with Crippen molar-refractivity contribution < 1.29 is 4.79 Å². The van der Waals surface area contributed by atoms with Gasteiger partial charge in [0.25, 0.3) is 5.91 Å². The molecule has 3 nitrogen and oxygen atoms in total. The zero-order valence-corrected chi connectivity index (χ0v) is 11.2. The number of carbonyl (C=O) groups excluding carboxylic acids is 1. The van der Waals surface area contributed by atoms with E-state index in [0.29, 0.717) is 22.2 Å². The van der Waals surface area contributed by atoms with Crippen LogP contribution in [0.2, 0.25) is 10.0 Å². The molecule has 0 radical (unpaired) electrons. The van der Waals surface area contributed by atoms with E-state index in [2.05, 4.69) is 17.6 Å². The highest BCUT2D eigenvalue weighted by atomic mass is 35.5. The Labute approximate surface area is 111 Å². The highest BCUT2D eigenvalue weighted by molar-refractivity contribution is 6.39. The fraction of sp³-hybridized carbons (Fsp3) is 0.417. The highest BCUT2D eigenvalue weighted by Crippen LogP contribution is 2.23. The van der Waals surface area contributed by atoms with Gasteiger partial charge in [0, 0.05) is 13.1 Å². The van der Waals surface area contributed by atoms with Crippen LogP contribution in [0.15, 0.2) is 18.2 Å². The van der Waals surface area contributed by atoms with E-state index in [-0.39, 0.29) is 5.91 Å². The van der Waals surface area contributed by atoms with E-state index >= 15 is 0 Å². The molecule has 0 atom stereocenters. The van der Waals surface area contributed by atoms with Crippen molar-refractivity contribution in [2.45, 2.75) is 13.3 Å². The summed E-state index contributed by atoms with van der Waals surface area (Å²) in [6, 6.07) is 5.01. The molecule has 1 rings (SSSR count). The first-order valence-electron chi connectivity index (χ1n) is 5.59. The van der Waals surface area contributed by atoms with Gasteiger partial charge in [-0.15, -0.1) is 0 Å². The van der Waals surface area contributed by atoms with Crippen molar-refractivity contribution in [1.82, 2.24) is 10.6 Å². The molecule has 0 aliphatic carbocycles. The third-order valence-corrected chi connectivity index (χ3v) is 2.83. The van der Waals surface area contributed by atoms with Crippen molar-refractivity contribution in [3.63, 3.8) is 0 Å². The fourth-order valence-corrected chi connectivity index (χ4v) is 1.94. The Morgan fingerprint density at radius 2 is 1.82 bits per heavy atom. The Hall–Kier alpha value is -0.770. The van der Waals surface area contributed by atoms with Gasteiger partial charge in [-0.2, -0.15) is 0 Å². The Kier molecular flexibility index (Phi) is 6.34. The summed E-state index contributed by atoms with van der Waals surface area (Å²) in [6.45, 7) is 4.33. The average molecular weight is 275 g/mol. The molecule has 0 aliphatic rings. The first-order valence-corrected chi connectivity index (χ1v) is 6.35. The third kappa shape index (κ3) is 4.54. The molecule has 2 N–H and O–H groups in total. The quantitative estimate of drug-likeness (QED) is 0.784. The Balaban J connectivity index is 2.47. The molecule has 0 saturated heterocycles. The van der Waals surface area contributed by atoms with Crippen LogP contribution in [0.25, 0.3) is 0 Å². The molecule has 1 aromatic rings. The first-order chi connectivity index (χ1) is 8.16. The molecule has 1 amide bonds. The number of nitrogens with one attached hydrogen (secondary N) is 2. The van der Waals surface area contributed by atoms with Crippen LogP contribution in [-0.4, -0.2) is 25.5 Å². The third-order valence-electron chi connectivity index (χ3n) is 2.20. The van der Waals surface area contributed by atoms with Gasteiger partial charge in [0.2, 0.25) is 0 Å². The van der Waals surface area contributed by atoms with Crippen LogP contribution >= 0.6 is 23.2 Å². The van der Waals surface area contributed by atoms with Crippen molar-refractivity contribution >= 4 is 29.1 Å². The van der Waals surface area contributed by atoms with E-state index in [0.717, 1.165) is 19.5 Å². The summed E-state index contributed by atoms with van der Waals surface area (Å²) in [4.78, 5) is 11.8. The monoisotopic (exact) mass is 274 g/mol. The van der Waals surface area contributed by atoms with Crippen molar-refractivity contribution in [3.05, 3.63) is 33.8 Å². The normalized spacial score (nSPS) is 10.3. The fourth-order valence-electron chi connectivity index (χ4n) is 1.37. The topological polar surface area (TPSA) is 41.1 Å². The van der Waals surface area contributed by atoms with Gasteiger partial charge in [0.05, 0.1) is 15.6 Å². The van der Waals surface area contributed by atoms with Gasteiger partial charge in [-0.05, 0) is 25.1 Å². The second kappa shape index (κ2) is 7.54. The number of halogens is 2. The van der Waals surface area contributed by atoms with Gasteiger partial charge < -0.3 is 10.6 Å². The standard InChI is InChI=1S/C12H16Cl2N2O/c1-2-6-15-7-8-16-12(17)11-9(13)4-3-5-10(11)14/h3-5,15H,2,6-8H2,1H3,(H,16,17). The molecular weight excluding hydrogens is 259 g/mol. The number of benzene rings is 1. The molecular formula is C12H16Cl2N2O. The highest BCUT2D eigenvalue weighted by Gasteiger charge is 2.13. The lowest BCUT2D eigenvalue weighted by Gasteiger charge is -2.08. The van der Waals surface area contributed by atoms with E-state index in [4.69, 9.17) is 23.2 Å². The predicted molar refractivity (Wildman–Crippen MR) is 72.0 cm³/mol. The molecule has 1 aromatic carbocycles. The van der Waals surface area contributed by atoms with E-state index < -0.39 is 0 Å². The van der Waals surface area contributed by atoms with Gasteiger partial charge in [-0.1, -0.05) is 36.2 Å². The molecule has 0 heterocycles. The molecule has 0 aromatic heterocycles. The van der Waals surface area contributed by atoms with Crippen molar-refractivity contribution in [2.75, 3.05) is 19.6 Å². The maximum absolute atomic E-state index is 11.8. The lowest BCUT2D eigenvalue weighted by Crippen LogP contribution is -2.32. The van der Waals surface area contributed by atoms with E-state index in [1.54, 1.807) is 18.2 Å². The molecule has 0 unspecified atom stereocenters. The minimum Gasteiger partial charge on any atom is -0.351 e. The number of amides is 1. The van der Waals surface area contributed by atoms with Gasteiger partial charge >= 0.3 is 0 Å². The second-order valence-corrected chi connectivity index (χ2v) is 4.42. The lowest BCUT2D eigenvalue weighted by molar-refractivity contribution is 0.0954. The minimum absolute atomic E-state index is 0.237. The summed E-state index contributed by atoms with van der Waals surface area (Å²) in [5, 5.41) is 6.70. The van der Waals surface area contributed by atoms with Gasteiger partial charge in [0.15, 0.2) is 0 Å². The SMILES string of the molecule is CCCNCCNC(=O)c1c(Cl)cccc1Cl. The van der Waals surface area contributed by atoms with Crippen LogP contribution in [0.3, 0.4) is 0 Å². The zero-order chi connectivity index (χ0) is 12.7. The zero-order valence-electron chi connectivity index (χ0n) is 9.72. The van der Waals surface area contributed by atoms with Gasteiger partial charge in [-0.25, -0.2) is 0 Å². The summed E-state index contributed by atoms with van der Waals surface area (Å²) in [5.41, 5.74) is 0.339. The van der Waals surface area contributed by atoms with E-state index in [1.807, 2.05) is 0 Å². The molecule has 17 heavy (non-hydrogen) atoms. The maximum atomic E-state index is 11.8. The molecule has 0 bridgehead atoms. The van der Waals surface area contributed by atoms with Gasteiger partial charge in [-0.3, -0.25) is 4.79 Å². The second-order valence-electron chi connectivity index (χ2n) is 3.60. The average Bonchev–Trinajstić information content (AvgIpc) is 2.28. The van der Waals surface area contributed by atoms with Crippen molar-refractivity contribution in [3.8, 4) is 0 Å². The molecule has 5 heteroatoms. The predicted octanol–water partition coefficient (Wildman–Crippen LogP) is 2.72. The summed E-state index contributed by atoms with van der Waals surface area (Å²) < 4.78 is 0. The van der Waals surface area contributed by atoms with Crippen molar-refractivity contribution in [2.24, 2.45) is 0 Å². The summed E-state index contributed by atoms with van der Waals surface area (Å²) in [6.07, 6.45) is 1.07. The van der Waals surface area contributed by atoms with Crippen molar-refractivity contribution in [1.29, 1.82) is 0 Å². The smallest absolute Gasteiger partial charge is 0.254 e. The first kappa shape index (κ1) is 14.3. The number of hydrogen-bond donors (Lipinski definition) is 2. The number of rotatable bonds is 6. The summed E-state index contributed by atoms with van der Waals surface area (Å²) in [7, 11) is 0. The minimum atomic E-state index is -0.237. The molecule has 0 fully saturated rings. The van der Waals surface area contributed by atoms with E-state index in [1.165, 1.54) is 0 Å². The van der Waals surface area contributed by atoms with Crippen LogP contribution in [0.4, 0.5) is 0 Å². The number of hydrogen-bond acceptors (Lipinski definition) is 2. The van der Waals surface area contributed by atoms with Crippen LogP contribution < -0.4 is 10.6 Å². The van der Waals surface area contributed by atoms with Crippen LogP contribution in [0, 0.1) is 0 Å². The van der Waals surface area contributed by atoms with Gasteiger partial charge in [0.1, 0.15) is 0 Å². The molecule has 0 saturated carbocycles. The Bertz CT molecular complexity index is 363.